The molecule has 3 N–H and O–H groups in total. The van der Waals surface area contributed by atoms with Crippen LogP contribution in [0.4, 0.5) is 11.4 Å². The number of hydrogen-bond acceptors (Lipinski definition) is 4. The lowest BCUT2D eigenvalue weighted by Crippen LogP contribution is -2.36. The average molecular weight is 350 g/mol. The lowest BCUT2D eigenvalue weighted by molar-refractivity contribution is -0.133. The number of para-hydroxylation sites is 1. The van der Waals surface area contributed by atoms with Crippen molar-refractivity contribution in [1.82, 2.24) is 0 Å². The van der Waals surface area contributed by atoms with Crippen LogP contribution in [0.5, 0.6) is 0 Å². The number of amides is 2. The number of aliphatic hydroxyl groups is 1. The van der Waals surface area contributed by atoms with Crippen LogP contribution in [0.25, 0.3) is 0 Å². The Morgan fingerprint density at radius 3 is 2.50 bits per heavy atom. The first-order valence-electron chi connectivity index (χ1n) is 8.55. The summed E-state index contributed by atoms with van der Waals surface area (Å²) in [6, 6.07) is 13.3. The van der Waals surface area contributed by atoms with Crippen molar-refractivity contribution in [2.75, 3.05) is 10.6 Å². The van der Waals surface area contributed by atoms with Crippen molar-refractivity contribution >= 4 is 29.0 Å². The van der Waals surface area contributed by atoms with Gasteiger partial charge in [0.25, 0.3) is 5.91 Å². The molecule has 1 saturated carbocycles. The Morgan fingerprint density at radius 1 is 1.12 bits per heavy atom. The van der Waals surface area contributed by atoms with Gasteiger partial charge < -0.3 is 15.7 Å². The van der Waals surface area contributed by atoms with Crippen molar-refractivity contribution < 1.29 is 19.5 Å². The van der Waals surface area contributed by atoms with Crippen molar-refractivity contribution in [3.05, 3.63) is 59.7 Å². The molecule has 4 rings (SSSR count). The van der Waals surface area contributed by atoms with E-state index in [0.29, 0.717) is 22.5 Å². The number of carbonyl (C=O) groups excluding carboxylic acids is 3. The monoisotopic (exact) mass is 350 g/mol. The van der Waals surface area contributed by atoms with E-state index in [0.717, 1.165) is 12.8 Å². The van der Waals surface area contributed by atoms with Crippen LogP contribution in [-0.4, -0.2) is 22.7 Å². The molecular formula is C20H18N2O4. The van der Waals surface area contributed by atoms with Gasteiger partial charge in [0.2, 0.25) is 5.91 Å². The molecular weight excluding hydrogens is 332 g/mol. The van der Waals surface area contributed by atoms with Crippen LogP contribution in [0.15, 0.2) is 48.5 Å². The Morgan fingerprint density at radius 2 is 1.81 bits per heavy atom. The highest BCUT2D eigenvalue weighted by atomic mass is 16.3. The van der Waals surface area contributed by atoms with Gasteiger partial charge in [0, 0.05) is 28.4 Å². The highest BCUT2D eigenvalue weighted by Gasteiger charge is 2.46. The first-order chi connectivity index (χ1) is 12.5. The van der Waals surface area contributed by atoms with Crippen molar-refractivity contribution in [1.29, 1.82) is 0 Å². The lowest BCUT2D eigenvalue weighted by atomic mass is 9.88. The van der Waals surface area contributed by atoms with E-state index in [1.165, 1.54) is 0 Å². The van der Waals surface area contributed by atoms with E-state index in [-0.39, 0.29) is 24.0 Å². The highest BCUT2D eigenvalue weighted by molar-refractivity contribution is 6.09. The van der Waals surface area contributed by atoms with Crippen molar-refractivity contribution in [3.63, 3.8) is 0 Å². The minimum absolute atomic E-state index is 0.00220. The summed E-state index contributed by atoms with van der Waals surface area (Å²) in [5.74, 6) is -0.844. The summed E-state index contributed by atoms with van der Waals surface area (Å²) in [5.41, 5.74) is 0.0609. The molecule has 2 amide bonds. The summed E-state index contributed by atoms with van der Waals surface area (Å²) in [6.07, 6.45) is 1.50. The maximum Gasteiger partial charge on any atom is 0.261 e. The Bertz CT molecular complexity index is 902. The van der Waals surface area contributed by atoms with Gasteiger partial charge in [0.1, 0.15) is 0 Å². The Labute approximate surface area is 150 Å². The summed E-state index contributed by atoms with van der Waals surface area (Å²) in [7, 11) is 0. The van der Waals surface area contributed by atoms with Gasteiger partial charge in [-0.25, -0.2) is 0 Å². The number of Topliss-reactive ketones (excluding diaryl/α,β-unsaturated/α-hetero) is 1. The zero-order chi connectivity index (χ0) is 18.3. The predicted molar refractivity (Wildman–Crippen MR) is 95.7 cm³/mol. The van der Waals surface area contributed by atoms with Gasteiger partial charge in [-0.2, -0.15) is 0 Å². The van der Waals surface area contributed by atoms with Crippen LogP contribution >= 0.6 is 0 Å². The number of nitrogens with one attached hydrogen (secondary N) is 2. The van der Waals surface area contributed by atoms with E-state index in [9.17, 15) is 19.5 Å². The number of ketones is 1. The molecule has 1 aliphatic carbocycles. The normalized spacial score (nSPS) is 21.0. The summed E-state index contributed by atoms with van der Waals surface area (Å²) in [6.45, 7) is 0. The Hall–Kier alpha value is -2.99. The molecule has 26 heavy (non-hydrogen) atoms. The number of rotatable bonds is 5. The molecule has 2 aromatic rings. The van der Waals surface area contributed by atoms with Gasteiger partial charge in [-0.1, -0.05) is 18.2 Å². The third kappa shape index (κ3) is 2.88. The first-order valence-corrected chi connectivity index (χ1v) is 8.55. The summed E-state index contributed by atoms with van der Waals surface area (Å²) in [4.78, 5) is 36.6. The molecule has 1 aliphatic heterocycles. The quantitative estimate of drug-likeness (QED) is 0.722. The van der Waals surface area contributed by atoms with Crippen molar-refractivity contribution in [2.45, 2.75) is 24.9 Å². The zero-order valence-electron chi connectivity index (χ0n) is 14.0. The molecule has 0 saturated heterocycles. The van der Waals surface area contributed by atoms with E-state index < -0.39 is 11.5 Å². The molecule has 2 aromatic carbocycles. The summed E-state index contributed by atoms with van der Waals surface area (Å²) < 4.78 is 0. The average Bonchev–Trinajstić information content (AvgIpc) is 3.44. The van der Waals surface area contributed by atoms with Gasteiger partial charge in [-0.3, -0.25) is 14.4 Å². The molecule has 0 bridgehead atoms. The van der Waals surface area contributed by atoms with Gasteiger partial charge in [-0.15, -0.1) is 0 Å². The smallest absolute Gasteiger partial charge is 0.261 e. The molecule has 0 aromatic heterocycles. The second-order valence-electron chi connectivity index (χ2n) is 6.80. The minimum Gasteiger partial charge on any atom is -0.375 e. The molecule has 2 aliphatic rings. The fraction of sp³-hybridized carbons (Fsp3) is 0.250. The second kappa shape index (κ2) is 6.07. The first kappa shape index (κ1) is 16.5. The van der Waals surface area contributed by atoms with Gasteiger partial charge >= 0.3 is 0 Å². The largest absolute Gasteiger partial charge is 0.375 e. The van der Waals surface area contributed by atoms with E-state index in [2.05, 4.69) is 10.6 Å². The fourth-order valence-electron chi connectivity index (χ4n) is 3.14. The molecule has 6 heteroatoms. The predicted octanol–water partition coefficient (Wildman–Crippen LogP) is 2.45. The van der Waals surface area contributed by atoms with Crippen LogP contribution in [-0.2, 0) is 15.2 Å². The van der Waals surface area contributed by atoms with Crippen LogP contribution in [0.1, 0.15) is 35.2 Å². The maximum atomic E-state index is 12.6. The number of benzene rings is 2. The summed E-state index contributed by atoms with van der Waals surface area (Å²) >= 11 is 0. The van der Waals surface area contributed by atoms with E-state index in [1.807, 2.05) is 0 Å². The third-order valence-corrected chi connectivity index (χ3v) is 4.84. The Kier molecular flexibility index (Phi) is 3.85. The van der Waals surface area contributed by atoms with E-state index in [4.69, 9.17) is 0 Å². The van der Waals surface area contributed by atoms with Crippen molar-refractivity contribution in [3.8, 4) is 0 Å². The minimum atomic E-state index is -1.87. The standard InChI is InChI=1S/C20H18N2O4/c23-17(11-20(26)15-3-1-2-4-16(15)22-19(20)25)12-7-9-14(10-8-12)21-18(24)13-5-6-13/h1-4,7-10,13,26H,5-6,11H2,(H,21,24)(H,22,25)/t20-/m0/s1. The molecule has 1 fully saturated rings. The number of carbonyl (C=O) groups is 3. The Balaban J connectivity index is 1.49. The van der Waals surface area contributed by atoms with E-state index in [1.54, 1.807) is 48.5 Å². The maximum absolute atomic E-state index is 12.6. The lowest BCUT2D eigenvalue weighted by Gasteiger charge is -2.20. The summed E-state index contributed by atoms with van der Waals surface area (Å²) in [5, 5.41) is 16.2. The van der Waals surface area contributed by atoms with Crippen molar-refractivity contribution in [2.24, 2.45) is 5.92 Å². The zero-order valence-corrected chi connectivity index (χ0v) is 14.0. The molecule has 1 heterocycles. The number of hydrogen-bond donors (Lipinski definition) is 3. The molecule has 6 nitrogen and oxygen atoms in total. The SMILES string of the molecule is O=C(C[C@@]1(O)C(=O)Nc2ccccc21)c1ccc(NC(=O)C2CC2)cc1. The molecule has 0 radical (unpaired) electrons. The van der Waals surface area contributed by atoms with Gasteiger partial charge in [0.15, 0.2) is 11.4 Å². The van der Waals surface area contributed by atoms with E-state index >= 15 is 0 Å². The highest BCUT2D eigenvalue weighted by Crippen LogP contribution is 2.38. The van der Waals surface area contributed by atoms with Crippen LogP contribution in [0, 0.1) is 5.92 Å². The number of fused-ring (bicyclic) bond motifs is 1. The van der Waals surface area contributed by atoms with Crippen LogP contribution in [0.3, 0.4) is 0 Å². The molecule has 0 unspecified atom stereocenters. The second-order valence-corrected chi connectivity index (χ2v) is 6.80. The van der Waals surface area contributed by atoms with Crippen LogP contribution < -0.4 is 10.6 Å². The third-order valence-electron chi connectivity index (χ3n) is 4.84. The molecule has 1 atom stereocenters. The van der Waals surface area contributed by atoms with Gasteiger partial charge in [0.05, 0.1) is 6.42 Å². The van der Waals surface area contributed by atoms with Gasteiger partial charge in [-0.05, 0) is 43.2 Å². The fourth-order valence-corrected chi connectivity index (χ4v) is 3.14. The molecule has 132 valence electrons. The molecule has 0 spiro atoms. The number of anilines is 2. The van der Waals surface area contributed by atoms with Crippen LogP contribution in [0.2, 0.25) is 0 Å². The topological polar surface area (TPSA) is 95.5 Å².